The van der Waals surface area contributed by atoms with Crippen molar-refractivity contribution in [2.75, 3.05) is 0 Å². The van der Waals surface area contributed by atoms with Gasteiger partial charge in [0.1, 0.15) is 5.82 Å². The van der Waals surface area contributed by atoms with Gasteiger partial charge in [0.25, 0.3) is 5.56 Å². The van der Waals surface area contributed by atoms with Gasteiger partial charge in [-0.05, 0) is 6.07 Å². The van der Waals surface area contributed by atoms with Gasteiger partial charge in [-0.15, -0.1) is 0 Å². The molecule has 0 saturated carbocycles. The topological polar surface area (TPSA) is 60.9 Å². The number of hydrogen-bond donors (Lipinski definition) is 1. The summed E-state index contributed by atoms with van der Waals surface area (Å²) in [5.41, 5.74) is 7.17. The van der Waals surface area contributed by atoms with Gasteiger partial charge < -0.3 is 10.3 Å². The third-order valence-electron chi connectivity index (χ3n) is 2.74. The van der Waals surface area contributed by atoms with Crippen molar-refractivity contribution >= 4 is 11.0 Å². The molecule has 4 nitrogen and oxygen atoms in total. The molecule has 0 spiro atoms. The number of pyridine rings is 2. The maximum absolute atomic E-state index is 13.5. The van der Waals surface area contributed by atoms with E-state index < -0.39 is 11.9 Å². The van der Waals surface area contributed by atoms with E-state index in [0.29, 0.717) is 23.1 Å². The lowest BCUT2D eigenvalue weighted by molar-refractivity contribution is 0.566. The first-order valence-corrected chi connectivity index (χ1v) is 4.62. The standard InChI is InChI=1S/C10H8FN3O/c11-5-3-13-7-1-2-8(15)14-4-6(12)9(5)10(7)14/h1-3,6H,4,12H2/t6-/m0/s1. The fourth-order valence-electron chi connectivity index (χ4n) is 2.09. The van der Waals surface area contributed by atoms with Crippen LogP contribution in [0.25, 0.3) is 11.0 Å². The first-order valence-electron chi connectivity index (χ1n) is 4.62. The van der Waals surface area contributed by atoms with Gasteiger partial charge in [-0.2, -0.15) is 0 Å². The molecule has 0 fully saturated rings. The molecule has 0 aromatic carbocycles. The Labute approximate surface area is 84.2 Å². The predicted molar refractivity (Wildman–Crippen MR) is 52.9 cm³/mol. The molecule has 15 heavy (non-hydrogen) atoms. The molecule has 1 atom stereocenters. The zero-order valence-electron chi connectivity index (χ0n) is 7.77. The number of rotatable bonds is 0. The van der Waals surface area contributed by atoms with Crippen molar-refractivity contribution in [2.45, 2.75) is 12.6 Å². The largest absolute Gasteiger partial charge is 0.322 e. The molecular weight excluding hydrogens is 197 g/mol. The molecule has 3 heterocycles. The second-order valence-electron chi connectivity index (χ2n) is 3.64. The Morgan fingerprint density at radius 1 is 1.53 bits per heavy atom. The van der Waals surface area contributed by atoms with Crippen molar-refractivity contribution in [1.82, 2.24) is 9.55 Å². The van der Waals surface area contributed by atoms with Crippen LogP contribution >= 0.6 is 0 Å². The Balaban J connectivity index is 2.59. The summed E-state index contributed by atoms with van der Waals surface area (Å²) in [7, 11) is 0. The van der Waals surface area contributed by atoms with Gasteiger partial charge in [0.2, 0.25) is 0 Å². The Bertz CT molecular complexity index is 620. The lowest BCUT2D eigenvalue weighted by Crippen LogP contribution is -2.19. The first kappa shape index (κ1) is 8.55. The highest BCUT2D eigenvalue weighted by Gasteiger charge is 2.26. The summed E-state index contributed by atoms with van der Waals surface area (Å²) >= 11 is 0. The van der Waals surface area contributed by atoms with Crippen molar-refractivity contribution < 1.29 is 4.39 Å². The average Bonchev–Trinajstić information content (AvgIpc) is 2.56. The number of nitrogens with zero attached hydrogens (tertiary/aromatic N) is 2. The van der Waals surface area contributed by atoms with Gasteiger partial charge in [0, 0.05) is 18.2 Å². The average molecular weight is 205 g/mol. The van der Waals surface area contributed by atoms with Gasteiger partial charge >= 0.3 is 0 Å². The van der Waals surface area contributed by atoms with Crippen molar-refractivity contribution in [3.8, 4) is 0 Å². The summed E-state index contributed by atoms with van der Waals surface area (Å²) in [4.78, 5) is 15.4. The van der Waals surface area contributed by atoms with E-state index in [1.807, 2.05) is 0 Å². The van der Waals surface area contributed by atoms with E-state index in [4.69, 9.17) is 5.73 Å². The van der Waals surface area contributed by atoms with Crippen molar-refractivity contribution in [3.63, 3.8) is 0 Å². The van der Waals surface area contributed by atoms with Crippen LogP contribution < -0.4 is 11.3 Å². The molecule has 0 aliphatic carbocycles. The first-order chi connectivity index (χ1) is 7.18. The summed E-state index contributed by atoms with van der Waals surface area (Å²) in [6, 6.07) is 2.56. The molecule has 0 radical (unpaired) electrons. The van der Waals surface area contributed by atoms with Crippen LogP contribution in [0.4, 0.5) is 4.39 Å². The van der Waals surface area contributed by atoms with Crippen LogP contribution in [0.1, 0.15) is 11.6 Å². The number of nitrogens with two attached hydrogens (primary N) is 1. The molecule has 1 aliphatic rings. The zero-order valence-corrected chi connectivity index (χ0v) is 7.77. The minimum Gasteiger partial charge on any atom is -0.322 e. The predicted octanol–water partition coefficient (Wildman–Crippen LogP) is 0.549. The lowest BCUT2D eigenvalue weighted by atomic mass is 10.1. The molecule has 76 valence electrons. The molecule has 2 N–H and O–H groups in total. The Morgan fingerprint density at radius 3 is 3.13 bits per heavy atom. The van der Waals surface area contributed by atoms with Crippen molar-refractivity contribution in [3.05, 3.63) is 40.1 Å². The molecule has 2 aromatic rings. The smallest absolute Gasteiger partial charge is 0.251 e. The minimum atomic E-state index is -0.453. The lowest BCUT2D eigenvalue weighted by Gasteiger charge is -2.03. The van der Waals surface area contributed by atoms with Crippen LogP contribution in [0.5, 0.6) is 0 Å². The third-order valence-corrected chi connectivity index (χ3v) is 2.74. The summed E-state index contributed by atoms with van der Waals surface area (Å²) in [5.74, 6) is -0.438. The molecule has 0 saturated heterocycles. The van der Waals surface area contributed by atoms with Crippen LogP contribution in [0.2, 0.25) is 0 Å². The SMILES string of the molecule is N[C@H]1Cn2c(=O)ccc3ncc(F)c1c32. The molecule has 2 aromatic heterocycles. The van der Waals surface area contributed by atoms with E-state index in [0.717, 1.165) is 6.20 Å². The van der Waals surface area contributed by atoms with E-state index in [1.165, 1.54) is 10.6 Å². The van der Waals surface area contributed by atoms with Crippen molar-refractivity contribution in [2.24, 2.45) is 5.73 Å². The molecule has 1 aliphatic heterocycles. The number of aromatic nitrogens is 2. The number of hydrogen-bond acceptors (Lipinski definition) is 3. The highest BCUT2D eigenvalue weighted by Crippen LogP contribution is 2.29. The van der Waals surface area contributed by atoms with E-state index in [1.54, 1.807) is 6.07 Å². The van der Waals surface area contributed by atoms with E-state index >= 15 is 0 Å². The zero-order chi connectivity index (χ0) is 10.6. The van der Waals surface area contributed by atoms with E-state index in [-0.39, 0.29) is 5.56 Å². The van der Waals surface area contributed by atoms with Gasteiger partial charge in [0.05, 0.1) is 23.3 Å². The quantitative estimate of drug-likeness (QED) is 0.683. The molecule has 0 amide bonds. The Morgan fingerprint density at radius 2 is 2.33 bits per heavy atom. The fraction of sp³-hybridized carbons (Fsp3) is 0.200. The molecule has 3 rings (SSSR count). The molecule has 5 heteroatoms. The summed E-state index contributed by atoms with van der Waals surface area (Å²) in [5, 5.41) is 0. The molecule has 0 unspecified atom stereocenters. The summed E-state index contributed by atoms with van der Waals surface area (Å²) < 4.78 is 15.0. The maximum atomic E-state index is 13.5. The van der Waals surface area contributed by atoms with Crippen LogP contribution in [0.3, 0.4) is 0 Å². The molecule has 0 bridgehead atoms. The van der Waals surface area contributed by atoms with Crippen molar-refractivity contribution in [1.29, 1.82) is 0 Å². The summed E-state index contributed by atoms with van der Waals surface area (Å²) in [6.45, 7) is 0.327. The van der Waals surface area contributed by atoms with Gasteiger partial charge in [-0.3, -0.25) is 9.78 Å². The third kappa shape index (κ3) is 0.979. The van der Waals surface area contributed by atoms with Crippen LogP contribution in [-0.2, 0) is 6.54 Å². The second kappa shape index (κ2) is 2.64. The van der Waals surface area contributed by atoms with Gasteiger partial charge in [-0.1, -0.05) is 0 Å². The second-order valence-corrected chi connectivity index (χ2v) is 3.64. The maximum Gasteiger partial charge on any atom is 0.251 e. The minimum absolute atomic E-state index is 0.163. The van der Waals surface area contributed by atoms with Gasteiger partial charge in [0.15, 0.2) is 0 Å². The monoisotopic (exact) mass is 205 g/mol. The van der Waals surface area contributed by atoms with Crippen LogP contribution in [0, 0.1) is 5.82 Å². The normalized spacial score (nSPS) is 18.7. The highest BCUT2D eigenvalue weighted by molar-refractivity contribution is 5.80. The van der Waals surface area contributed by atoms with Gasteiger partial charge in [-0.25, -0.2) is 4.39 Å². The fourth-order valence-corrected chi connectivity index (χ4v) is 2.09. The number of halogens is 1. The van der Waals surface area contributed by atoms with E-state index in [9.17, 15) is 9.18 Å². The van der Waals surface area contributed by atoms with E-state index in [2.05, 4.69) is 4.98 Å². The van der Waals surface area contributed by atoms with Crippen LogP contribution in [-0.4, -0.2) is 9.55 Å². The summed E-state index contributed by atoms with van der Waals surface area (Å²) in [6.07, 6.45) is 1.15. The van der Waals surface area contributed by atoms with Crippen LogP contribution in [0.15, 0.2) is 23.1 Å². The highest BCUT2D eigenvalue weighted by atomic mass is 19.1. The Kier molecular flexibility index (Phi) is 1.50. The molecular formula is C10H8FN3O. The Hall–Kier alpha value is -1.75.